The molecule has 0 bridgehead atoms. The largest absolute Gasteiger partial charge is 0.472 e. The second kappa shape index (κ2) is 7.97. The number of hydrogen-bond donors (Lipinski definition) is 1. The summed E-state index contributed by atoms with van der Waals surface area (Å²) in [5, 5.41) is 2.83. The number of rotatable bonds is 7. The van der Waals surface area contributed by atoms with Crippen molar-refractivity contribution in [2.75, 3.05) is 13.1 Å². The fourth-order valence-corrected chi connectivity index (χ4v) is 2.00. The number of aromatic nitrogens is 1. The van der Waals surface area contributed by atoms with Gasteiger partial charge in [0, 0.05) is 38.4 Å². The van der Waals surface area contributed by atoms with Gasteiger partial charge in [-0.15, -0.1) is 0 Å². The Labute approximate surface area is 129 Å². The van der Waals surface area contributed by atoms with Crippen LogP contribution in [0.1, 0.15) is 29.3 Å². The molecule has 6 heteroatoms. The summed E-state index contributed by atoms with van der Waals surface area (Å²) in [5.41, 5.74) is 1.49. The van der Waals surface area contributed by atoms with Crippen LogP contribution in [0.3, 0.4) is 0 Å². The topological polar surface area (TPSA) is 75.4 Å². The molecule has 2 rings (SSSR count). The van der Waals surface area contributed by atoms with Gasteiger partial charge in [0.1, 0.15) is 6.26 Å². The molecule has 0 spiro atoms. The van der Waals surface area contributed by atoms with Crippen LogP contribution in [0.15, 0.2) is 47.5 Å². The molecule has 0 saturated carbocycles. The fraction of sp³-hybridized carbons (Fsp3) is 0.312. The van der Waals surface area contributed by atoms with Crippen LogP contribution in [0.2, 0.25) is 0 Å². The monoisotopic (exact) mass is 301 g/mol. The number of nitrogens with one attached hydrogen (secondary N) is 1. The maximum Gasteiger partial charge on any atom is 0.257 e. The minimum Gasteiger partial charge on any atom is -0.472 e. The van der Waals surface area contributed by atoms with E-state index in [2.05, 4.69) is 10.3 Å². The van der Waals surface area contributed by atoms with E-state index in [1.165, 1.54) is 12.5 Å². The van der Waals surface area contributed by atoms with Crippen LogP contribution in [-0.4, -0.2) is 34.8 Å². The quantitative estimate of drug-likeness (QED) is 0.846. The molecule has 0 aromatic carbocycles. The van der Waals surface area contributed by atoms with E-state index in [1.807, 2.05) is 19.1 Å². The van der Waals surface area contributed by atoms with Crippen molar-refractivity contribution in [1.82, 2.24) is 15.2 Å². The van der Waals surface area contributed by atoms with Crippen LogP contribution >= 0.6 is 0 Å². The van der Waals surface area contributed by atoms with E-state index in [-0.39, 0.29) is 18.2 Å². The SMILES string of the molecule is CCN(CCC(=O)NCc1ccncc1)C(=O)c1ccoc1. The van der Waals surface area contributed by atoms with Crippen LogP contribution < -0.4 is 5.32 Å². The van der Waals surface area contributed by atoms with Gasteiger partial charge in [0.2, 0.25) is 5.91 Å². The molecule has 0 aliphatic rings. The average molecular weight is 301 g/mol. The molecule has 0 fully saturated rings. The third-order valence-corrected chi connectivity index (χ3v) is 3.28. The Morgan fingerprint density at radius 3 is 2.68 bits per heavy atom. The minimum atomic E-state index is -0.127. The Morgan fingerprint density at radius 1 is 1.27 bits per heavy atom. The highest BCUT2D eigenvalue weighted by molar-refractivity contribution is 5.94. The molecule has 2 heterocycles. The van der Waals surface area contributed by atoms with Crippen LogP contribution in [-0.2, 0) is 11.3 Å². The Bertz CT molecular complexity index is 596. The molecule has 0 aliphatic heterocycles. The molecular formula is C16H19N3O3. The highest BCUT2D eigenvalue weighted by atomic mass is 16.3. The molecule has 116 valence electrons. The summed E-state index contributed by atoms with van der Waals surface area (Å²) in [7, 11) is 0. The summed E-state index contributed by atoms with van der Waals surface area (Å²) in [5.74, 6) is -0.214. The Morgan fingerprint density at radius 2 is 2.05 bits per heavy atom. The molecule has 0 aliphatic carbocycles. The van der Waals surface area contributed by atoms with Crippen molar-refractivity contribution in [2.45, 2.75) is 19.9 Å². The number of furan rings is 1. The molecule has 0 atom stereocenters. The van der Waals surface area contributed by atoms with Crippen molar-refractivity contribution >= 4 is 11.8 Å². The van der Waals surface area contributed by atoms with Crippen molar-refractivity contribution < 1.29 is 14.0 Å². The number of carbonyl (C=O) groups is 2. The summed E-state index contributed by atoms with van der Waals surface area (Å²) >= 11 is 0. The van der Waals surface area contributed by atoms with Crippen molar-refractivity contribution in [3.8, 4) is 0 Å². The molecule has 6 nitrogen and oxygen atoms in total. The Hall–Kier alpha value is -2.63. The van der Waals surface area contributed by atoms with Gasteiger partial charge in [-0.1, -0.05) is 0 Å². The lowest BCUT2D eigenvalue weighted by molar-refractivity contribution is -0.121. The number of carbonyl (C=O) groups excluding carboxylic acids is 2. The fourth-order valence-electron chi connectivity index (χ4n) is 2.00. The Balaban J connectivity index is 1.78. The second-order valence-electron chi connectivity index (χ2n) is 4.78. The molecule has 22 heavy (non-hydrogen) atoms. The van der Waals surface area contributed by atoms with Crippen LogP contribution in [0.5, 0.6) is 0 Å². The van der Waals surface area contributed by atoms with E-state index in [0.717, 1.165) is 5.56 Å². The molecule has 0 unspecified atom stereocenters. The number of pyridine rings is 1. The standard InChI is InChI=1S/C16H19N3O3/c1-2-19(16(21)14-6-10-22-12-14)9-5-15(20)18-11-13-3-7-17-8-4-13/h3-4,6-8,10,12H,2,5,9,11H2,1H3,(H,18,20). The van der Waals surface area contributed by atoms with Crippen LogP contribution in [0.25, 0.3) is 0 Å². The first-order chi connectivity index (χ1) is 10.7. The zero-order valence-electron chi connectivity index (χ0n) is 12.5. The zero-order valence-corrected chi connectivity index (χ0v) is 12.5. The van der Waals surface area contributed by atoms with E-state index >= 15 is 0 Å². The van der Waals surface area contributed by atoms with E-state index < -0.39 is 0 Å². The predicted molar refractivity (Wildman–Crippen MR) is 81.0 cm³/mol. The van der Waals surface area contributed by atoms with Crippen molar-refractivity contribution in [2.24, 2.45) is 0 Å². The Kier molecular flexibility index (Phi) is 5.71. The number of nitrogens with zero attached hydrogens (tertiary/aromatic N) is 2. The molecule has 2 aromatic heterocycles. The lowest BCUT2D eigenvalue weighted by Gasteiger charge is -2.19. The predicted octanol–water partition coefficient (Wildman–Crippen LogP) is 1.84. The normalized spacial score (nSPS) is 10.2. The molecular weight excluding hydrogens is 282 g/mol. The van der Waals surface area contributed by atoms with Crippen molar-refractivity contribution in [3.63, 3.8) is 0 Å². The summed E-state index contributed by atoms with van der Waals surface area (Å²) in [4.78, 5) is 29.6. The van der Waals surface area contributed by atoms with Gasteiger partial charge in [-0.05, 0) is 30.7 Å². The maximum absolute atomic E-state index is 12.2. The smallest absolute Gasteiger partial charge is 0.257 e. The van der Waals surface area contributed by atoms with Crippen molar-refractivity contribution in [3.05, 3.63) is 54.2 Å². The molecule has 1 N–H and O–H groups in total. The molecule has 0 radical (unpaired) electrons. The third kappa shape index (κ3) is 4.44. The summed E-state index contributed by atoms with van der Waals surface area (Å²) < 4.78 is 4.91. The van der Waals surface area contributed by atoms with Crippen LogP contribution in [0.4, 0.5) is 0 Å². The zero-order chi connectivity index (χ0) is 15.8. The van der Waals surface area contributed by atoms with Crippen LogP contribution in [0, 0.1) is 0 Å². The number of amides is 2. The van der Waals surface area contributed by atoms with E-state index in [4.69, 9.17) is 4.42 Å². The van der Waals surface area contributed by atoms with Gasteiger partial charge in [0.25, 0.3) is 5.91 Å². The van der Waals surface area contributed by atoms with Gasteiger partial charge in [0.15, 0.2) is 0 Å². The highest BCUT2D eigenvalue weighted by Crippen LogP contribution is 2.06. The van der Waals surface area contributed by atoms with E-state index in [9.17, 15) is 9.59 Å². The summed E-state index contributed by atoms with van der Waals surface area (Å²) in [6.45, 7) is 3.26. The summed E-state index contributed by atoms with van der Waals surface area (Å²) in [6.07, 6.45) is 6.51. The summed E-state index contributed by atoms with van der Waals surface area (Å²) in [6, 6.07) is 5.32. The van der Waals surface area contributed by atoms with Gasteiger partial charge >= 0.3 is 0 Å². The minimum absolute atomic E-state index is 0.0877. The third-order valence-electron chi connectivity index (χ3n) is 3.28. The van der Waals surface area contributed by atoms with Gasteiger partial charge in [0.05, 0.1) is 11.8 Å². The first-order valence-corrected chi connectivity index (χ1v) is 7.17. The van der Waals surface area contributed by atoms with Crippen molar-refractivity contribution in [1.29, 1.82) is 0 Å². The lowest BCUT2D eigenvalue weighted by Crippen LogP contribution is -2.34. The van der Waals surface area contributed by atoms with Gasteiger partial charge in [-0.25, -0.2) is 0 Å². The first kappa shape index (κ1) is 15.8. The van der Waals surface area contributed by atoms with E-state index in [1.54, 1.807) is 23.4 Å². The maximum atomic E-state index is 12.2. The average Bonchev–Trinajstić information content (AvgIpc) is 3.08. The van der Waals surface area contributed by atoms with E-state index in [0.29, 0.717) is 25.2 Å². The first-order valence-electron chi connectivity index (χ1n) is 7.17. The second-order valence-corrected chi connectivity index (χ2v) is 4.78. The van der Waals surface area contributed by atoms with Gasteiger partial charge < -0.3 is 14.6 Å². The van der Waals surface area contributed by atoms with Gasteiger partial charge in [-0.3, -0.25) is 14.6 Å². The molecule has 2 aromatic rings. The van der Waals surface area contributed by atoms with Gasteiger partial charge in [-0.2, -0.15) is 0 Å². The number of hydrogen-bond acceptors (Lipinski definition) is 4. The molecule has 2 amide bonds. The lowest BCUT2D eigenvalue weighted by atomic mass is 10.2. The molecule has 0 saturated heterocycles. The highest BCUT2D eigenvalue weighted by Gasteiger charge is 2.16.